The van der Waals surface area contributed by atoms with Crippen LogP contribution in [0.3, 0.4) is 0 Å². The van der Waals surface area contributed by atoms with Gasteiger partial charge in [0.05, 0.1) is 0 Å². The van der Waals surface area contributed by atoms with E-state index in [1.54, 1.807) is 0 Å². The molecule has 1 aliphatic heterocycles. The van der Waals surface area contributed by atoms with Gasteiger partial charge in [-0.05, 0) is 79.1 Å². The molecule has 8 rings (SSSR count). The summed E-state index contributed by atoms with van der Waals surface area (Å²) >= 11 is 0. The largest absolute Gasteiger partial charge is 0.509 e. The van der Waals surface area contributed by atoms with Crippen molar-refractivity contribution in [3.05, 3.63) is 139 Å². The maximum Gasteiger partial charge on any atom is 0.145 e. The Bertz CT molecular complexity index is 2310. The molecule has 3 heterocycles. The van der Waals surface area contributed by atoms with Gasteiger partial charge in [-0.15, -0.1) is 45.8 Å². The van der Waals surface area contributed by atoms with Gasteiger partial charge in [0.25, 0.3) is 0 Å². The van der Waals surface area contributed by atoms with Gasteiger partial charge in [-0.1, -0.05) is 74.0 Å². The Balaban J connectivity index is 0.00000378. The Hall–Kier alpha value is -4.90. The van der Waals surface area contributed by atoms with Gasteiger partial charge in [-0.2, -0.15) is 17.1 Å². The van der Waals surface area contributed by atoms with Crippen LogP contribution in [0.2, 0.25) is 0 Å². The zero-order chi connectivity index (χ0) is 33.0. The van der Waals surface area contributed by atoms with Gasteiger partial charge in [0.15, 0.2) is 0 Å². The van der Waals surface area contributed by atoms with Crippen molar-refractivity contribution >= 4 is 38.9 Å². The topological polar surface area (TPSA) is 46.3 Å². The molecule has 0 amide bonds. The van der Waals surface area contributed by atoms with Crippen LogP contribution in [-0.2, 0) is 21.1 Å². The number of fused-ring (bicyclic) bond motifs is 4. The number of benzene rings is 5. The first-order valence-corrected chi connectivity index (χ1v) is 16.4. The maximum atomic E-state index is 6.46. The molecule has 0 spiro atoms. The molecule has 0 unspecified atom stereocenters. The quantitative estimate of drug-likeness (QED) is 0.124. The summed E-state index contributed by atoms with van der Waals surface area (Å²) in [7, 11) is 0. The maximum absolute atomic E-state index is 6.46. The molecule has 49 heavy (non-hydrogen) atoms. The molecule has 0 saturated carbocycles. The molecule has 248 valence electrons. The molecular formula is C42H37N4O2Pt-. The van der Waals surface area contributed by atoms with Crippen molar-refractivity contribution in [3.8, 4) is 28.4 Å². The number of aromatic nitrogens is 2. The molecule has 5 aromatic carbocycles. The van der Waals surface area contributed by atoms with Crippen molar-refractivity contribution in [2.24, 2.45) is 0 Å². The fourth-order valence-corrected chi connectivity index (χ4v) is 6.56. The van der Waals surface area contributed by atoms with Crippen molar-refractivity contribution in [1.82, 2.24) is 9.55 Å². The third-order valence-corrected chi connectivity index (χ3v) is 8.78. The monoisotopic (exact) mass is 824 g/mol. The molecule has 0 saturated heterocycles. The molecule has 2 aromatic heterocycles. The zero-order valence-corrected chi connectivity index (χ0v) is 30.4. The second kappa shape index (κ2) is 12.8. The van der Waals surface area contributed by atoms with E-state index < -0.39 is 0 Å². The van der Waals surface area contributed by atoms with E-state index in [4.69, 9.17) is 14.7 Å². The first-order chi connectivity index (χ1) is 23.3. The van der Waals surface area contributed by atoms with Gasteiger partial charge in [-0.3, -0.25) is 0 Å². The van der Waals surface area contributed by atoms with Crippen LogP contribution in [0.4, 0.5) is 17.1 Å². The first-order valence-electron chi connectivity index (χ1n) is 16.4. The van der Waals surface area contributed by atoms with Gasteiger partial charge < -0.3 is 9.30 Å². The summed E-state index contributed by atoms with van der Waals surface area (Å²) in [4.78, 5) is 9.83. The third-order valence-electron chi connectivity index (χ3n) is 8.78. The van der Waals surface area contributed by atoms with Crippen molar-refractivity contribution in [2.75, 3.05) is 10.1 Å². The Kier molecular flexibility index (Phi) is 8.56. The molecule has 7 heteroatoms. The molecule has 7 aromatic rings. The van der Waals surface area contributed by atoms with Crippen LogP contribution in [0.25, 0.3) is 38.8 Å². The van der Waals surface area contributed by atoms with Crippen LogP contribution in [0.1, 0.15) is 46.1 Å². The fourth-order valence-electron chi connectivity index (χ4n) is 6.56. The fraction of sp³-hybridized carbons (Fsp3) is 0.167. The number of hydrogen-bond acceptors (Lipinski definition) is 4. The minimum atomic E-state index is -0.187. The predicted octanol–water partition coefficient (Wildman–Crippen LogP) is 11.0. The number of ether oxygens (including phenoxy) is 1. The summed E-state index contributed by atoms with van der Waals surface area (Å²) in [5.74, 6) is 2.41. The van der Waals surface area contributed by atoms with Gasteiger partial charge in [0.1, 0.15) is 22.7 Å². The van der Waals surface area contributed by atoms with Crippen molar-refractivity contribution < 1.29 is 30.7 Å². The summed E-state index contributed by atoms with van der Waals surface area (Å²) in [5.41, 5.74) is 8.30. The Labute approximate surface area is 301 Å². The van der Waals surface area contributed by atoms with E-state index in [9.17, 15) is 0 Å². The van der Waals surface area contributed by atoms with E-state index in [1.807, 2.05) is 47.7 Å². The van der Waals surface area contributed by atoms with Crippen LogP contribution in [-0.4, -0.2) is 20.0 Å². The molecular weight excluding hydrogens is 788 g/mol. The van der Waals surface area contributed by atoms with Crippen molar-refractivity contribution in [2.45, 2.75) is 46.1 Å². The van der Waals surface area contributed by atoms with Gasteiger partial charge in [0, 0.05) is 50.0 Å². The number of hydrogen-bond donors (Lipinski definition) is 0. The minimum absolute atomic E-state index is 0. The summed E-state index contributed by atoms with van der Waals surface area (Å²) < 4.78 is 8.64. The van der Waals surface area contributed by atoms with Gasteiger partial charge >= 0.3 is 0 Å². The number of hydroxylamine groups is 1. The zero-order valence-electron chi connectivity index (χ0n) is 28.1. The smallest absolute Gasteiger partial charge is 0.145 e. The van der Waals surface area contributed by atoms with Gasteiger partial charge in [-0.25, -0.2) is 4.98 Å². The molecule has 0 atom stereocenters. The van der Waals surface area contributed by atoms with E-state index in [-0.39, 0.29) is 26.6 Å². The molecule has 0 radical (unpaired) electrons. The standard InChI is InChI=1S/C42H36N4O2.Pt/c1-28(2)33-15-6-7-16-34(33)29-23-24-43-41(25-29)44-37-18-9-8-17-35(37)36-22-21-32(27-40(36)44)47-31-14-12-13-30(26-31)45-38-19-10-11-20-39(38)46(48-45)42(3,4)5;/h6-25,28H,1-5H3;/q-2;/p+1. The van der Waals surface area contributed by atoms with Crippen LogP contribution in [0, 0.1) is 12.1 Å². The first kappa shape index (κ1) is 32.6. The molecule has 0 bridgehead atoms. The molecule has 1 aliphatic rings. The van der Waals surface area contributed by atoms with E-state index >= 15 is 0 Å². The summed E-state index contributed by atoms with van der Waals surface area (Å²) in [5, 5.41) is 6.19. The normalized spacial score (nSPS) is 12.9. The van der Waals surface area contributed by atoms with Crippen LogP contribution < -0.4 is 14.9 Å². The summed E-state index contributed by atoms with van der Waals surface area (Å²) in [6.07, 6.45) is 1.89. The van der Waals surface area contributed by atoms with Crippen LogP contribution in [0.15, 0.2) is 121 Å². The van der Waals surface area contributed by atoms with E-state index in [1.165, 1.54) is 11.1 Å². The minimum Gasteiger partial charge on any atom is -0.509 e. The number of nitrogens with zero attached hydrogens (tertiary/aromatic N) is 4. The molecule has 1 N–H and O–H groups in total. The Morgan fingerprint density at radius 2 is 1.47 bits per heavy atom. The number of pyridine rings is 1. The number of anilines is 3. The van der Waals surface area contributed by atoms with Crippen molar-refractivity contribution in [1.29, 1.82) is 0 Å². The molecule has 6 nitrogen and oxygen atoms in total. The number of rotatable bonds is 6. The van der Waals surface area contributed by atoms with Crippen LogP contribution in [0.5, 0.6) is 11.5 Å². The average molecular weight is 825 g/mol. The average Bonchev–Trinajstić information content (AvgIpc) is 3.65. The molecule has 0 aliphatic carbocycles. The number of para-hydroxylation sites is 3. The van der Waals surface area contributed by atoms with E-state index in [0.717, 1.165) is 50.2 Å². The molecule has 0 fully saturated rings. The van der Waals surface area contributed by atoms with E-state index in [2.05, 4.69) is 135 Å². The predicted molar refractivity (Wildman–Crippen MR) is 195 cm³/mol. The Morgan fingerprint density at radius 1 is 0.735 bits per heavy atom. The second-order valence-corrected chi connectivity index (χ2v) is 13.5. The van der Waals surface area contributed by atoms with E-state index in [0.29, 0.717) is 17.4 Å². The Morgan fingerprint density at radius 3 is 2.29 bits per heavy atom. The third kappa shape index (κ3) is 5.90. The SMILES string of the molecule is CC(C)c1ccccc1-c1ccnc(-n2c3[c-]c(Oc4[c-]c(N5[OH+]N(C(C)(C)C)c6ccccc65)ccc4)ccc3c3ccccc32)c1.[Pt]. The van der Waals surface area contributed by atoms with Crippen LogP contribution >= 0.6 is 0 Å². The van der Waals surface area contributed by atoms with Crippen molar-refractivity contribution in [3.63, 3.8) is 0 Å². The summed E-state index contributed by atoms with van der Waals surface area (Å²) in [6, 6.07) is 46.5. The second-order valence-electron chi connectivity index (χ2n) is 13.5. The summed E-state index contributed by atoms with van der Waals surface area (Å²) in [6.45, 7) is 10.9. The van der Waals surface area contributed by atoms with Gasteiger partial charge in [0.2, 0.25) is 0 Å².